The van der Waals surface area contributed by atoms with Gasteiger partial charge in [0, 0.05) is 21.6 Å². The highest BCUT2D eigenvalue weighted by Crippen LogP contribution is 2.37. The Hall–Kier alpha value is -2.23. The van der Waals surface area contributed by atoms with Gasteiger partial charge in [-0.3, -0.25) is 4.68 Å². The minimum absolute atomic E-state index is 0.278. The van der Waals surface area contributed by atoms with Gasteiger partial charge in [0.25, 0.3) is 0 Å². The average molecular weight is 548 g/mol. The van der Waals surface area contributed by atoms with Gasteiger partial charge in [0.05, 0.1) is 18.7 Å². The molecule has 0 saturated carbocycles. The van der Waals surface area contributed by atoms with Crippen molar-refractivity contribution in [3.8, 4) is 0 Å². The number of hydrogen-bond acceptors (Lipinski definition) is 5. The van der Waals surface area contributed by atoms with Crippen LogP contribution in [0, 0.1) is 0 Å². The fourth-order valence-electron chi connectivity index (χ4n) is 3.97. The molecule has 2 heterocycles. The fourth-order valence-corrected chi connectivity index (χ4v) is 5.79. The third kappa shape index (κ3) is 6.22. The van der Waals surface area contributed by atoms with Crippen LogP contribution in [0.1, 0.15) is 59.0 Å². The van der Waals surface area contributed by atoms with Crippen LogP contribution < -0.4 is 10.6 Å². The van der Waals surface area contributed by atoms with Crippen molar-refractivity contribution >= 4 is 61.4 Å². The van der Waals surface area contributed by atoms with Crippen molar-refractivity contribution in [2.24, 2.45) is 0 Å². The monoisotopic (exact) mass is 546 g/mol. The minimum Gasteiger partial charge on any atom is -0.462 e. The highest BCUT2D eigenvalue weighted by molar-refractivity contribution is 9.10. The van der Waals surface area contributed by atoms with Crippen LogP contribution in [0.15, 0.2) is 41.0 Å². The number of thiocarbonyl (C=S) groups is 1. The van der Waals surface area contributed by atoms with Crippen LogP contribution >= 0.6 is 39.5 Å². The second kappa shape index (κ2) is 11.3. The molecule has 1 aliphatic carbocycles. The molecule has 33 heavy (non-hydrogen) atoms. The molecule has 0 unspecified atom stereocenters. The molecule has 9 heteroatoms. The van der Waals surface area contributed by atoms with Crippen LogP contribution in [-0.2, 0) is 24.1 Å². The van der Waals surface area contributed by atoms with E-state index in [1.165, 1.54) is 17.7 Å². The molecule has 0 aliphatic heterocycles. The van der Waals surface area contributed by atoms with Gasteiger partial charge in [-0.1, -0.05) is 40.9 Å². The Morgan fingerprint density at radius 3 is 2.67 bits per heavy atom. The van der Waals surface area contributed by atoms with E-state index in [2.05, 4.69) is 43.8 Å². The lowest BCUT2D eigenvalue weighted by atomic mass is 9.96. The summed E-state index contributed by atoms with van der Waals surface area (Å²) in [6.45, 7) is 2.85. The van der Waals surface area contributed by atoms with E-state index in [9.17, 15) is 4.79 Å². The summed E-state index contributed by atoms with van der Waals surface area (Å²) in [7, 11) is 0. The lowest BCUT2D eigenvalue weighted by Crippen LogP contribution is -2.21. The highest BCUT2D eigenvalue weighted by atomic mass is 79.9. The number of aryl methyl sites for hydroxylation is 1. The molecule has 4 rings (SSSR count). The SMILES string of the molecule is CCOC(=O)c1c(NC(=S)Nc2ccn(Cc3ccc(Br)cc3)n2)sc2c1CCCCCC2. The molecule has 6 nitrogen and oxygen atoms in total. The number of halogens is 1. The average Bonchev–Trinajstić information content (AvgIpc) is 3.33. The number of nitrogens with one attached hydrogen (secondary N) is 2. The molecule has 0 saturated heterocycles. The number of benzene rings is 1. The summed E-state index contributed by atoms with van der Waals surface area (Å²) < 4.78 is 8.28. The van der Waals surface area contributed by atoms with E-state index >= 15 is 0 Å². The zero-order chi connectivity index (χ0) is 23.2. The maximum absolute atomic E-state index is 12.8. The molecule has 1 aliphatic rings. The van der Waals surface area contributed by atoms with Crippen LogP contribution in [0.3, 0.4) is 0 Å². The van der Waals surface area contributed by atoms with Crippen LogP contribution in [0.5, 0.6) is 0 Å². The Labute approximate surface area is 211 Å². The van der Waals surface area contributed by atoms with E-state index in [0.29, 0.717) is 29.6 Å². The van der Waals surface area contributed by atoms with Crippen molar-refractivity contribution < 1.29 is 9.53 Å². The molecule has 0 amide bonds. The predicted molar refractivity (Wildman–Crippen MR) is 141 cm³/mol. The number of hydrogen-bond donors (Lipinski definition) is 2. The van der Waals surface area contributed by atoms with E-state index in [-0.39, 0.29) is 5.97 Å². The van der Waals surface area contributed by atoms with E-state index in [4.69, 9.17) is 17.0 Å². The molecule has 2 N–H and O–H groups in total. The van der Waals surface area contributed by atoms with Gasteiger partial charge < -0.3 is 15.4 Å². The van der Waals surface area contributed by atoms with Gasteiger partial charge in [-0.15, -0.1) is 11.3 Å². The van der Waals surface area contributed by atoms with Crippen LogP contribution in [0.25, 0.3) is 0 Å². The second-order valence-electron chi connectivity index (χ2n) is 7.95. The molecule has 0 bridgehead atoms. The Balaban J connectivity index is 1.47. The summed E-state index contributed by atoms with van der Waals surface area (Å²) >= 11 is 10.6. The Morgan fingerprint density at radius 1 is 1.15 bits per heavy atom. The molecule has 174 valence electrons. The van der Waals surface area contributed by atoms with Crippen molar-refractivity contribution in [3.05, 3.63) is 62.6 Å². The van der Waals surface area contributed by atoms with E-state index in [0.717, 1.165) is 46.3 Å². The van der Waals surface area contributed by atoms with Crippen molar-refractivity contribution in [3.63, 3.8) is 0 Å². The van der Waals surface area contributed by atoms with E-state index in [1.54, 1.807) is 11.3 Å². The van der Waals surface area contributed by atoms with Crippen LogP contribution in [0.4, 0.5) is 10.8 Å². The zero-order valence-electron chi connectivity index (χ0n) is 18.5. The first-order valence-corrected chi connectivity index (χ1v) is 13.2. The quantitative estimate of drug-likeness (QED) is 0.275. The maximum Gasteiger partial charge on any atom is 0.341 e. The number of carbonyl (C=O) groups is 1. The number of fused-ring (bicyclic) bond motifs is 1. The number of carbonyl (C=O) groups excluding carboxylic acids is 1. The van der Waals surface area contributed by atoms with Crippen LogP contribution in [0.2, 0.25) is 0 Å². The number of anilines is 2. The first-order chi connectivity index (χ1) is 16.0. The maximum atomic E-state index is 12.8. The number of aromatic nitrogens is 2. The highest BCUT2D eigenvalue weighted by Gasteiger charge is 2.25. The molecule has 0 spiro atoms. The first kappa shape index (κ1) is 23.9. The number of rotatable bonds is 6. The number of esters is 1. The summed E-state index contributed by atoms with van der Waals surface area (Å²) in [5, 5.41) is 12.1. The van der Waals surface area contributed by atoms with Gasteiger partial charge in [-0.25, -0.2) is 4.79 Å². The van der Waals surface area contributed by atoms with Crippen molar-refractivity contribution in [2.45, 2.75) is 52.0 Å². The summed E-state index contributed by atoms with van der Waals surface area (Å²) in [5.41, 5.74) is 2.93. The molecule has 1 aromatic carbocycles. The van der Waals surface area contributed by atoms with Gasteiger partial charge in [-0.2, -0.15) is 5.10 Å². The van der Waals surface area contributed by atoms with Gasteiger partial charge in [-0.05, 0) is 68.1 Å². The normalized spacial score (nSPS) is 13.5. The Morgan fingerprint density at radius 2 is 1.91 bits per heavy atom. The molecule has 0 fully saturated rings. The van der Waals surface area contributed by atoms with E-state index in [1.807, 2.05) is 36.0 Å². The van der Waals surface area contributed by atoms with Gasteiger partial charge >= 0.3 is 5.97 Å². The van der Waals surface area contributed by atoms with Crippen molar-refractivity contribution in [1.82, 2.24) is 9.78 Å². The third-order valence-corrected chi connectivity index (χ3v) is 7.46. The molecule has 3 aromatic rings. The van der Waals surface area contributed by atoms with Gasteiger partial charge in [0.1, 0.15) is 5.00 Å². The van der Waals surface area contributed by atoms with Crippen molar-refractivity contribution in [1.29, 1.82) is 0 Å². The lowest BCUT2D eigenvalue weighted by Gasteiger charge is -2.12. The van der Waals surface area contributed by atoms with E-state index < -0.39 is 0 Å². The van der Waals surface area contributed by atoms with Crippen LogP contribution in [-0.4, -0.2) is 27.5 Å². The summed E-state index contributed by atoms with van der Waals surface area (Å²) in [5.74, 6) is 0.372. The molecule has 0 atom stereocenters. The lowest BCUT2D eigenvalue weighted by molar-refractivity contribution is 0.0526. The first-order valence-electron chi connectivity index (χ1n) is 11.2. The number of ether oxygens (including phenoxy) is 1. The summed E-state index contributed by atoms with van der Waals surface area (Å²) in [6, 6.07) is 10.0. The van der Waals surface area contributed by atoms with Crippen molar-refractivity contribution in [2.75, 3.05) is 17.2 Å². The predicted octanol–water partition coefficient (Wildman–Crippen LogP) is 6.40. The molecular formula is C24H27BrN4O2S2. The van der Waals surface area contributed by atoms with Gasteiger partial charge in [0.15, 0.2) is 10.9 Å². The van der Waals surface area contributed by atoms with Gasteiger partial charge in [0.2, 0.25) is 0 Å². The summed E-state index contributed by atoms with van der Waals surface area (Å²) in [4.78, 5) is 14.1. The topological polar surface area (TPSA) is 68.2 Å². The fraction of sp³-hybridized carbons (Fsp3) is 0.375. The smallest absolute Gasteiger partial charge is 0.341 e. The third-order valence-electron chi connectivity index (χ3n) is 5.52. The summed E-state index contributed by atoms with van der Waals surface area (Å²) in [6.07, 6.45) is 8.48. The molecule has 0 radical (unpaired) electrons. The second-order valence-corrected chi connectivity index (χ2v) is 10.4. The largest absolute Gasteiger partial charge is 0.462 e. The standard InChI is InChI=1S/C24H27BrN4O2S2/c1-2-31-23(30)21-18-7-5-3-4-6-8-19(18)33-22(21)27-24(32)26-20-13-14-29(28-20)15-16-9-11-17(25)12-10-16/h9-14H,2-8,15H2,1H3,(H2,26,27,28,32). The number of nitrogens with zero attached hydrogens (tertiary/aromatic N) is 2. The molecular weight excluding hydrogens is 520 g/mol. The number of thiophene rings is 1. The Kier molecular flexibility index (Phi) is 8.16. The minimum atomic E-state index is -0.278. The zero-order valence-corrected chi connectivity index (χ0v) is 21.7. The molecule has 2 aromatic heterocycles. The Bertz CT molecular complexity index is 1120.